The molecule has 0 saturated carbocycles. The first-order valence-electron chi connectivity index (χ1n) is 5.83. The van der Waals surface area contributed by atoms with Gasteiger partial charge in [0.2, 0.25) is 0 Å². The molecule has 0 aliphatic heterocycles. The number of nitrogens with one attached hydrogen (secondary N) is 1. The number of aryl methyl sites for hydroxylation is 3. The summed E-state index contributed by atoms with van der Waals surface area (Å²) in [6, 6.07) is 4.21. The molecule has 92 valence electrons. The zero-order chi connectivity index (χ0) is 12.9. The molecule has 5 heteroatoms. The Bertz CT molecular complexity index is 757. The molecule has 0 spiro atoms. The van der Waals surface area contributed by atoms with E-state index < -0.39 is 0 Å². The zero-order valence-electron chi connectivity index (χ0n) is 10.7. The number of benzene rings is 1. The van der Waals surface area contributed by atoms with Crippen molar-refractivity contribution in [2.24, 2.45) is 5.84 Å². The normalized spacial score (nSPS) is 11.3. The maximum atomic E-state index is 5.52. The standard InChI is InChI=1S/C13H15N5/c1-7-4-10-11(5-8(7)2)18-9(3)6-15-13(18)12(16-10)17-14/h4-6H,14H2,1-3H3,(H,16,17). The number of nitrogens with zero attached hydrogens (tertiary/aromatic N) is 3. The average molecular weight is 241 g/mol. The van der Waals surface area contributed by atoms with E-state index in [-0.39, 0.29) is 0 Å². The summed E-state index contributed by atoms with van der Waals surface area (Å²) in [4.78, 5) is 8.87. The molecule has 0 atom stereocenters. The van der Waals surface area contributed by atoms with Crippen LogP contribution in [-0.2, 0) is 0 Å². The van der Waals surface area contributed by atoms with E-state index in [1.807, 2.05) is 13.1 Å². The van der Waals surface area contributed by atoms with E-state index in [4.69, 9.17) is 5.84 Å². The van der Waals surface area contributed by atoms with Crippen LogP contribution in [-0.4, -0.2) is 14.4 Å². The third-order valence-corrected chi connectivity index (χ3v) is 3.35. The lowest BCUT2D eigenvalue weighted by Crippen LogP contribution is -2.11. The number of nitrogens with two attached hydrogens (primary N) is 1. The molecular formula is C13H15N5. The maximum absolute atomic E-state index is 5.52. The Hall–Kier alpha value is -2.14. The first kappa shape index (κ1) is 11.0. The van der Waals surface area contributed by atoms with E-state index >= 15 is 0 Å². The number of imidazole rings is 1. The molecule has 0 radical (unpaired) electrons. The van der Waals surface area contributed by atoms with Crippen molar-refractivity contribution in [1.29, 1.82) is 0 Å². The Labute approximate surface area is 105 Å². The predicted molar refractivity (Wildman–Crippen MR) is 72.5 cm³/mol. The second-order valence-corrected chi connectivity index (χ2v) is 4.59. The fourth-order valence-corrected chi connectivity index (χ4v) is 2.23. The van der Waals surface area contributed by atoms with Crippen LogP contribution in [0.5, 0.6) is 0 Å². The molecule has 0 unspecified atom stereocenters. The summed E-state index contributed by atoms with van der Waals surface area (Å²) in [5, 5.41) is 0. The highest BCUT2D eigenvalue weighted by Gasteiger charge is 2.11. The van der Waals surface area contributed by atoms with Gasteiger partial charge in [-0.15, -0.1) is 0 Å². The third kappa shape index (κ3) is 1.37. The highest BCUT2D eigenvalue weighted by Crippen LogP contribution is 2.24. The van der Waals surface area contributed by atoms with Crippen molar-refractivity contribution in [2.75, 3.05) is 5.43 Å². The van der Waals surface area contributed by atoms with Crippen LogP contribution < -0.4 is 11.3 Å². The lowest BCUT2D eigenvalue weighted by Gasteiger charge is -2.10. The molecule has 0 bridgehead atoms. The number of hydrazine groups is 1. The predicted octanol–water partition coefficient (Wildman–Crippen LogP) is 2.09. The van der Waals surface area contributed by atoms with Gasteiger partial charge in [-0.1, -0.05) is 0 Å². The monoisotopic (exact) mass is 241 g/mol. The lowest BCUT2D eigenvalue weighted by atomic mass is 10.1. The van der Waals surface area contributed by atoms with Crippen molar-refractivity contribution in [2.45, 2.75) is 20.8 Å². The Balaban J connectivity index is 2.57. The van der Waals surface area contributed by atoms with Crippen LogP contribution in [0, 0.1) is 20.8 Å². The molecule has 3 rings (SSSR count). The first-order chi connectivity index (χ1) is 8.61. The van der Waals surface area contributed by atoms with Gasteiger partial charge in [-0.3, -0.25) is 4.40 Å². The topological polar surface area (TPSA) is 68.2 Å². The second-order valence-electron chi connectivity index (χ2n) is 4.59. The van der Waals surface area contributed by atoms with Crippen LogP contribution in [0.15, 0.2) is 18.3 Å². The second kappa shape index (κ2) is 3.68. The number of aromatic nitrogens is 3. The van der Waals surface area contributed by atoms with Gasteiger partial charge in [0.1, 0.15) is 0 Å². The Morgan fingerprint density at radius 2 is 1.89 bits per heavy atom. The summed E-state index contributed by atoms with van der Waals surface area (Å²) in [6.07, 6.45) is 1.83. The molecule has 2 heterocycles. The fourth-order valence-electron chi connectivity index (χ4n) is 2.23. The van der Waals surface area contributed by atoms with Crippen LogP contribution in [0.3, 0.4) is 0 Å². The third-order valence-electron chi connectivity index (χ3n) is 3.35. The van der Waals surface area contributed by atoms with Gasteiger partial charge in [-0.2, -0.15) is 0 Å². The van der Waals surface area contributed by atoms with Crippen LogP contribution >= 0.6 is 0 Å². The first-order valence-corrected chi connectivity index (χ1v) is 5.83. The fraction of sp³-hybridized carbons (Fsp3) is 0.231. The summed E-state index contributed by atoms with van der Waals surface area (Å²) in [5.74, 6) is 6.11. The van der Waals surface area contributed by atoms with E-state index in [1.54, 1.807) is 0 Å². The molecule has 0 aliphatic rings. The van der Waals surface area contributed by atoms with Crippen molar-refractivity contribution >= 4 is 22.5 Å². The Morgan fingerprint density at radius 1 is 1.17 bits per heavy atom. The summed E-state index contributed by atoms with van der Waals surface area (Å²) in [7, 11) is 0. The quantitative estimate of drug-likeness (QED) is 0.505. The van der Waals surface area contributed by atoms with Gasteiger partial charge in [0.25, 0.3) is 0 Å². The number of rotatable bonds is 1. The van der Waals surface area contributed by atoms with Crippen molar-refractivity contribution in [3.63, 3.8) is 0 Å². The van der Waals surface area contributed by atoms with Crippen LogP contribution in [0.25, 0.3) is 16.7 Å². The van der Waals surface area contributed by atoms with Gasteiger partial charge in [0.15, 0.2) is 11.5 Å². The summed E-state index contributed by atoms with van der Waals surface area (Å²) in [6.45, 7) is 6.20. The highest BCUT2D eigenvalue weighted by molar-refractivity contribution is 5.84. The van der Waals surface area contributed by atoms with E-state index in [0.717, 1.165) is 22.4 Å². The van der Waals surface area contributed by atoms with Crippen molar-refractivity contribution < 1.29 is 0 Å². The number of nitrogen functional groups attached to an aromatic ring is 1. The largest absolute Gasteiger partial charge is 0.305 e. The van der Waals surface area contributed by atoms with E-state index in [1.165, 1.54) is 11.1 Å². The van der Waals surface area contributed by atoms with Crippen molar-refractivity contribution in [1.82, 2.24) is 14.4 Å². The van der Waals surface area contributed by atoms with E-state index in [2.05, 4.69) is 45.8 Å². The molecule has 18 heavy (non-hydrogen) atoms. The minimum absolute atomic E-state index is 0.596. The minimum atomic E-state index is 0.596. The van der Waals surface area contributed by atoms with Crippen LogP contribution in [0.4, 0.5) is 5.82 Å². The average Bonchev–Trinajstić information content (AvgIpc) is 2.73. The van der Waals surface area contributed by atoms with Gasteiger partial charge < -0.3 is 5.43 Å². The Kier molecular flexibility index (Phi) is 2.24. The highest BCUT2D eigenvalue weighted by atomic mass is 15.3. The maximum Gasteiger partial charge on any atom is 0.184 e. The van der Waals surface area contributed by atoms with E-state index in [0.29, 0.717) is 5.82 Å². The number of hydrogen-bond acceptors (Lipinski definition) is 4. The molecule has 3 aromatic rings. The molecule has 0 fully saturated rings. The molecule has 3 N–H and O–H groups in total. The van der Waals surface area contributed by atoms with Gasteiger partial charge in [0, 0.05) is 11.9 Å². The molecule has 0 aliphatic carbocycles. The lowest BCUT2D eigenvalue weighted by molar-refractivity contribution is 1.12. The van der Waals surface area contributed by atoms with E-state index in [9.17, 15) is 0 Å². The van der Waals surface area contributed by atoms with Crippen LogP contribution in [0.1, 0.15) is 16.8 Å². The smallest absolute Gasteiger partial charge is 0.184 e. The Morgan fingerprint density at radius 3 is 2.61 bits per heavy atom. The van der Waals surface area contributed by atoms with Crippen LogP contribution in [0.2, 0.25) is 0 Å². The molecule has 2 aromatic heterocycles. The number of hydrogen-bond donors (Lipinski definition) is 2. The molecular weight excluding hydrogens is 226 g/mol. The van der Waals surface area contributed by atoms with Gasteiger partial charge >= 0.3 is 0 Å². The summed E-state index contributed by atoms with van der Waals surface area (Å²) < 4.78 is 2.07. The minimum Gasteiger partial charge on any atom is -0.305 e. The summed E-state index contributed by atoms with van der Waals surface area (Å²) >= 11 is 0. The summed E-state index contributed by atoms with van der Waals surface area (Å²) in [5.41, 5.74) is 8.87. The number of fused-ring (bicyclic) bond motifs is 3. The molecule has 5 nitrogen and oxygen atoms in total. The van der Waals surface area contributed by atoms with Crippen molar-refractivity contribution in [3.8, 4) is 0 Å². The van der Waals surface area contributed by atoms with Crippen molar-refractivity contribution in [3.05, 3.63) is 35.2 Å². The SMILES string of the molecule is Cc1cc2nc(NN)c3ncc(C)n3c2cc1C. The van der Waals surface area contributed by atoms with Gasteiger partial charge in [0.05, 0.1) is 11.0 Å². The molecule has 0 saturated heterocycles. The van der Waals surface area contributed by atoms with Gasteiger partial charge in [-0.05, 0) is 44.0 Å². The van der Waals surface area contributed by atoms with Gasteiger partial charge in [-0.25, -0.2) is 15.8 Å². The number of anilines is 1. The molecule has 1 aromatic carbocycles. The molecule has 0 amide bonds. The zero-order valence-corrected chi connectivity index (χ0v) is 10.7.